The third-order valence-corrected chi connectivity index (χ3v) is 5.49. The Morgan fingerprint density at radius 1 is 1.03 bits per heavy atom. The van der Waals surface area contributed by atoms with Crippen LogP contribution in [0.2, 0.25) is 0 Å². The number of hydrogen-bond acceptors (Lipinski definition) is 3. The quantitative estimate of drug-likeness (QED) is 0.596. The van der Waals surface area contributed by atoms with Crippen molar-refractivity contribution in [2.24, 2.45) is 5.73 Å². The van der Waals surface area contributed by atoms with Crippen molar-refractivity contribution in [3.8, 4) is 11.5 Å². The number of anilines is 1. The summed E-state index contributed by atoms with van der Waals surface area (Å²) >= 11 is 0. The van der Waals surface area contributed by atoms with Crippen LogP contribution in [0.3, 0.4) is 0 Å². The van der Waals surface area contributed by atoms with E-state index in [2.05, 4.69) is 36.9 Å². The van der Waals surface area contributed by atoms with Crippen molar-refractivity contribution >= 4 is 11.6 Å². The minimum atomic E-state index is -0.672. The first-order valence-electron chi connectivity index (χ1n) is 10.1. The summed E-state index contributed by atoms with van der Waals surface area (Å²) in [5.74, 6) is -0.702. The van der Waals surface area contributed by atoms with Crippen LogP contribution < -0.4 is 15.4 Å². The van der Waals surface area contributed by atoms with E-state index < -0.39 is 11.7 Å². The molecule has 5 heteroatoms. The second-order valence-corrected chi connectivity index (χ2v) is 7.88. The Labute approximate surface area is 176 Å². The summed E-state index contributed by atoms with van der Waals surface area (Å²) in [6.45, 7) is 5.27. The highest BCUT2D eigenvalue weighted by Gasteiger charge is 2.26. The maximum atomic E-state index is 14.2. The van der Waals surface area contributed by atoms with Crippen LogP contribution >= 0.6 is 0 Å². The number of primary amides is 1. The van der Waals surface area contributed by atoms with Gasteiger partial charge in [0.05, 0.1) is 6.04 Å². The molecule has 1 atom stereocenters. The van der Waals surface area contributed by atoms with E-state index in [-0.39, 0.29) is 11.3 Å². The SMILES string of the molecule is Cc1cc(C)cc([C@@H]2CCCN2c2ccc(Oc3ccc(C(N)=O)cc3F)cc2)c1. The average Bonchev–Trinajstić information content (AvgIpc) is 3.19. The molecule has 0 saturated carbocycles. The van der Waals surface area contributed by atoms with Gasteiger partial charge in [0.1, 0.15) is 5.75 Å². The molecule has 1 fully saturated rings. The minimum absolute atomic E-state index is 0.0574. The van der Waals surface area contributed by atoms with Gasteiger partial charge in [-0.25, -0.2) is 4.39 Å². The van der Waals surface area contributed by atoms with Gasteiger partial charge >= 0.3 is 0 Å². The van der Waals surface area contributed by atoms with Gasteiger partial charge in [0.15, 0.2) is 11.6 Å². The van der Waals surface area contributed by atoms with Crippen LogP contribution in [-0.4, -0.2) is 12.5 Å². The fourth-order valence-electron chi connectivity index (χ4n) is 4.19. The van der Waals surface area contributed by atoms with E-state index in [1.165, 1.54) is 28.8 Å². The second kappa shape index (κ2) is 8.19. The van der Waals surface area contributed by atoms with Gasteiger partial charge in [0, 0.05) is 17.8 Å². The van der Waals surface area contributed by atoms with E-state index in [1.54, 1.807) is 0 Å². The van der Waals surface area contributed by atoms with E-state index in [0.29, 0.717) is 11.8 Å². The summed E-state index contributed by atoms with van der Waals surface area (Å²) in [7, 11) is 0. The molecule has 4 nitrogen and oxygen atoms in total. The van der Waals surface area contributed by atoms with Gasteiger partial charge < -0.3 is 15.4 Å². The Balaban J connectivity index is 1.52. The van der Waals surface area contributed by atoms with Crippen LogP contribution in [0.1, 0.15) is 45.9 Å². The van der Waals surface area contributed by atoms with Gasteiger partial charge in [-0.1, -0.05) is 29.3 Å². The van der Waals surface area contributed by atoms with E-state index in [9.17, 15) is 9.18 Å². The van der Waals surface area contributed by atoms with Crippen molar-refractivity contribution in [2.75, 3.05) is 11.4 Å². The molecule has 0 aromatic heterocycles. The number of amides is 1. The van der Waals surface area contributed by atoms with Crippen molar-refractivity contribution in [1.29, 1.82) is 0 Å². The van der Waals surface area contributed by atoms with Gasteiger partial charge in [-0.05, 0) is 74.7 Å². The smallest absolute Gasteiger partial charge is 0.248 e. The molecule has 1 amide bonds. The summed E-state index contributed by atoms with van der Waals surface area (Å²) < 4.78 is 19.8. The van der Waals surface area contributed by atoms with Crippen LogP contribution in [0.5, 0.6) is 11.5 Å². The molecule has 2 N–H and O–H groups in total. The Bertz CT molecular complexity index is 1060. The standard InChI is InChI=1S/C25H25FN2O2/c1-16-12-17(2)14-19(13-16)23-4-3-11-28(23)20-6-8-21(9-7-20)30-24-10-5-18(25(27)29)15-22(24)26/h5-10,12-15,23H,3-4,11H2,1-2H3,(H2,27,29)/t23-/m0/s1. The molecule has 30 heavy (non-hydrogen) atoms. The highest BCUT2D eigenvalue weighted by atomic mass is 19.1. The van der Waals surface area contributed by atoms with Gasteiger partial charge in [-0.3, -0.25) is 4.79 Å². The number of benzene rings is 3. The molecule has 0 bridgehead atoms. The molecular weight excluding hydrogens is 379 g/mol. The van der Waals surface area contributed by atoms with Crippen LogP contribution in [0, 0.1) is 19.7 Å². The van der Waals surface area contributed by atoms with Crippen molar-refractivity contribution in [3.63, 3.8) is 0 Å². The number of halogens is 1. The summed E-state index contributed by atoms with van der Waals surface area (Å²) in [5, 5.41) is 0. The Kier molecular flexibility index (Phi) is 5.44. The number of carbonyl (C=O) groups is 1. The van der Waals surface area contributed by atoms with E-state index in [1.807, 2.05) is 24.3 Å². The van der Waals surface area contributed by atoms with Crippen molar-refractivity contribution in [3.05, 3.63) is 88.7 Å². The van der Waals surface area contributed by atoms with Gasteiger partial charge in [0.2, 0.25) is 5.91 Å². The van der Waals surface area contributed by atoms with E-state index >= 15 is 0 Å². The molecule has 1 saturated heterocycles. The molecule has 0 radical (unpaired) electrons. The Morgan fingerprint density at radius 3 is 2.37 bits per heavy atom. The number of ether oxygens (including phenoxy) is 1. The number of nitrogens with zero attached hydrogens (tertiary/aromatic N) is 1. The molecule has 4 rings (SSSR count). The number of hydrogen-bond donors (Lipinski definition) is 1. The van der Waals surface area contributed by atoms with E-state index in [0.717, 1.165) is 31.1 Å². The molecule has 0 spiro atoms. The molecule has 3 aromatic carbocycles. The lowest BCUT2D eigenvalue weighted by molar-refractivity contribution is 0.1000. The normalized spacial score (nSPS) is 16.0. The first kappa shape index (κ1) is 20.0. The lowest BCUT2D eigenvalue weighted by Gasteiger charge is -2.28. The topological polar surface area (TPSA) is 55.6 Å². The first-order chi connectivity index (χ1) is 14.4. The monoisotopic (exact) mass is 404 g/mol. The highest BCUT2D eigenvalue weighted by molar-refractivity contribution is 5.92. The molecule has 1 heterocycles. The summed E-state index contributed by atoms with van der Waals surface area (Å²) in [5.41, 5.74) is 10.3. The number of carbonyl (C=O) groups excluding carboxylic acids is 1. The first-order valence-corrected chi connectivity index (χ1v) is 10.1. The average molecular weight is 404 g/mol. The molecule has 0 unspecified atom stereocenters. The van der Waals surface area contributed by atoms with Crippen molar-refractivity contribution in [1.82, 2.24) is 0 Å². The van der Waals surface area contributed by atoms with Crippen molar-refractivity contribution in [2.45, 2.75) is 32.7 Å². The molecule has 3 aromatic rings. The fraction of sp³-hybridized carbons (Fsp3) is 0.240. The maximum absolute atomic E-state index is 14.2. The third-order valence-electron chi connectivity index (χ3n) is 5.49. The van der Waals surface area contributed by atoms with Gasteiger partial charge in [-0.2, -0.15) is 0 Å². The van der Waals surface area contributed by atoms with Crippen LogP contribution in [0.25, 0.3) is 0 Å². The lowest BCUT2D eigenvalue weighted by Crippen LogP contribution is -2.22. The second-order valence-electron chi connectivity index (χ2n) is 7.88. The van der Waals surface area contributed by atoms with Crippen LogP contribution in [0.4, 0.5) is 10.1 Å². The number of rotatable bonds is 5. The maximum Gasteiger partial charge on any atom is 0.248 e. The predicted octanol–water partition coefficient (Wildman–Crippen LogP) is 5.68. The van der Waals surface area contributed by atoms with Gasteiger partial charge in [-0.15, -0.1) is 0 Å². The molecule has 154 valence electrons. The predicted molar refractivity (Wildman–Crippen MR) is 117 cm³/mol. The zero-order chi connectivity index (χ0) is 21.3. The third kappa shape index (κ3) is 4.15. The Hall–Kier alpha value is -3.34. The minimum Gasteiger partial charge on any atom is -0.454 e. The fourth-order valence-corrected chi connectivity index (χ4v) is 4.19. The van der Waals surface area contributed by atoms with Crippen LogP contribution in [-0.2, 0) is 0 Å². The van der Waals surface area contributed by atoms with E-state index in [4.69, 9.17) is 10.5 Å². The molecular formula is C25H25FN2O2. The van der Waals surface area contributed by atoms with Crippen LogP contribution in [0.15, 0.2) is 60.7 Å². The summed E-state index contributed by atoms with van der Waals surface area (Å²) in [4.78, 5) is 13.6. The highest BCUT2D eigenvalue weighted by Crippen LogP contribution is 2.37. The lowest BCUT2D eigenvalue weighted by atomic mass is 9.99. The zero-order valence-corrected chi connectivity index (χ0v) is 17.2. The van der Waals surface area contributed by atoms with Gasteiger partial charge in [0.25, 0.3) is 0 Å². The van der Waals surface area contributed by atoms with Crippen molar-refractivity contribution < 1.29 is 13.9 Å². The summed E-state index contributed by atoms with van der Waals surface area (Å²) in [6.07, 6.45) is 2.27. The molecule has 0 aliphatic carbocycles. The number of nitrogens with two attached hydrogens (primary N) is 1. The molecule has 1 aliphatic rings. The Morgan fingerprint density at radius 2 is 1.73 bits per heavy atom. The zero-order valence-electron chi connectivity index (χ0n) is 17.2. The number of aryl methyl sites for hydroxylation is 2. The molecule has 1 aliphatic heterocycles. The largest absolute Gasteiger partial charge is 0.454 e. The summed E-state index contributed by atoms with van der Waals surface area (Å²) in [6, 6.07) is 18.7.